The lowest BCUT2D eigenvalue weighted by Crippen LogP contribution is -2.03. The molecule has 0 aromatic heterocycles. The number of hydrogen-bond donors (Lipinski definition) is 2. The van der Waals surface area contributed by atoms with Crippen LogP contribution < -0.4 is 15.8 Å². The Morgan fingerprint density at radius 2 is 1.79 bits per heavy atom. The van der Waals surface area contributed by atoms with E-state index >= 15 is 0 Å². The molecular formula is C15H14N2OS. The molecule has 3 nitrogen and oxygen atoms in total. The third kappa shape index (κ3) is 4.44. The first kappa shape index (κ1) is 13.1. The van der Waals surface area contributed by atoms with Crippen LogP contribution in [0.1, 0.15) is 0 Å². The maximum atomic E-state index is 5.73. The van der Waals surface area contributed by atoms with Gasteiger partial charge in [0.2, 0.25) is 0 Å². The number of ether oxygens (including phenoxy) is 1. The molecule has 0 bridgehead atoms. The molecule has 0 aliphatic rings. The van der Waals surface area contributed by atoms with Crippen LogP contribution in [0.3, 0.4) is 0 Å². The van der Waals surface area contributed by atoms with Gasteiger partial charge < -0.3 is 15.8 Å². The molecule has 0 aliphatic heterocycles. The Labute approximate surface area is 117 Å². The highest BCUT2D eigenvalue weighted by Gasteiger charge is 1.97. The van der Waals surface area contributed by atoms with Crippen molar-refractivity contribution in [1.29, 1.82) is 0 Å². The van der Waals surface area contributed by atoms with Gasteiger partial charge in [-0.15, -0.1) is 0 Å². The van der Waals surface area contributed by atoms with Crippen molar-refractivity contribution in [3.63, 3.8) is 0 Å². The van der Waals surface area contributed by atoms with E-state index in [1.165, 1.54) is 0 Å². The Hall–Kier alpha value is -2.33. The first-order valence-corrected chi connectivity index (χ1v) is 6.20. The van der Waals surface area contributed by atoms with Crippen molar-refractivity contribution in [1.82, 2.24) is 0 Å². The predicted octanol–water partition coefficient (Wildman–Crippen LogP) is 3.69. The van der Waals surface area contributed by atoms with Crippen LogP contribution in [0.2, 0.25) is 0 Å². The highest BCUT2D eigenvalue weighted by atomic mass is 32.1. The van der Waals surface area contributed by atoms with Gasteiger partial charge in [0, 0.05) is 18.0 Å². The topological polar surface area (TPSA) is 47.3 Å². The second kappa shape index (κ2) is 6.56. The fourth-order valence-electron chi connectivity index (χ4n) is 1.49. The first-order valence-electron chi connectivity index (χ1n) is 5.79. The van der Waals surface area contributed by atoms with Crippen LogP contribution in [0, 0.1) is 0 Å². The minimum atomic E-state index is 0.337. The monoisotopic (exact) mass is 270 g/mol. The van der Waals surface area contributed by atoms with Crippen molar-refractivity contribution in [2.45, 2.75) is 0 Å². The molecule has 0 radical (unpaired) electrons. The van der Waals surface area contributed by atoms with Gasteiger partial charge in [0.15, 0.2) is 0 Å². The molecule has 0 aliphatic carbocycles. The molecule has 0 heterocycles. The zero-order valence-electron chi connectivity index (χ0n) is 10.2. The lowest BCUT2D eigenvalue weighted by molar-refractivity contribution is 0.483. The van der Waals surface area contributed by atoms with Crippen molar-refractivity contribution in [3.05, 3.63) is 66.9 Å². The molecule has 0 saturated carbocycles. The Bertz CT molecular complexity index is 582. The van der Waals surface area contributed by atoms with E-state index in [9.17, 15) is 0 Å². The zero-order valence-corrected chi connectivity index (χ0v) is 11.1. The molecule has 2 aromatic rings. The minimum Gasteiger partial charge on any atom is -0.457 e. The maximum absolute atomic E-state index is 5.73. The molecule has 96 valence electrons. The zero-order chi connectivity index (χ0) is 13.5. The molecule has 4 heteroatoms. The third-order valence-corrected chi connectivity index (χ3v) is 2.45. The van der Waals surface area contributed by atoms with Crippen molar-refractivity contribution < 1.29 is 4.74 Å². The van der Waals surface area contributed by atoms with Gasteiger partial charge in [-0.3, -0.25) is 0 Å². The van der Waals surface area contributed by atoms with E-state index in [4.69, 9.17) is 22.7 Å². The summed E-state index contributed by atoms with van der Waals surface area (Å²) in [5.41, 5.74) is 6.27. The molecule has 0 spiro atoms. The molecule has 0 fully saturated rings. The van der Waals surface area contributed by atoms with Gasteiger partial charge in [-0.1, -0.05) is 36.5 Å². The van der Waals surface area contributed by atoms with Crippen LogP contribution in [0.15, 0.2) is 66.9 Å². The number of nitrogens with two attached hydrogens (primary N) is 1. The second-order valence-corrected chi connectivity index (χ2v) is 4.29. The quantitative estimate of drug-likeness (QED) is 0.642. The van der Waals surface area contributed by atoms with Gasteiger partial charge in [0.1, 0.15) is 11.5 Å². The average Bonchev–Trinajstić information content (AvgIpc) is 2.40. The van der Waals surface area contributed by atoms with Gasteiger partial charge in [-0.05, 0) is 30.3 Å². The minimum absolute atomic E-state index is 0.337. The smallest absolute Gasteiger partial charge is 0.129 e. The summed E-state index contributed by atoms with van der Waals surface area (Å²) in [4.78, 5) is 0.337. The fraction of sp³-hybridized carbons (Fsp3) is 0. The lowest BCUT2D eigenvalue weighted by Gasteiger charge is -2.07. The summed E-state index contributed by atoms with van der Waals surface area (Å²) in [5, 5.41) is 3.07. The molecule has 0 saturated heterocycles. The van der Waals surface area contributed by atoms with Crippen LogP contribution in [-0.2, 0) is 0 Å². The molecule has 2 aromatic carbocycles. The molecule has 3 N–H and O–H groups in total. The van der Waals surface area contributed by atoms with E-state index in [0.717, 1.165) is 17.2 Å². The van der Waals surface area contributed by atoms with Gasteiger partial charge in [0.25, 0.3) is 0 Å². The average molecular weight is 270 g/mol. The predicted molar refractivity (Wildman–Crippen MR) is 82.5 cm³/mol. The van der Waals surface area contributed by atoms with Gasteiger partial charge in [-0.2, -0.15) is 0 Å². The fourth-order valence-corrected chi connectivity index (χ4v) is 1.56. The maximum Gasteiger partial charge on any atom is 0.129 e. The van der Waals surface area contributed by atoms with Gasteiger partial charge in [0.05, 0.1) is 4.99 Å². The van der Waals surface area contributed by atoms with E-state index in [-0.39, 0.29) is 0 Å². The molecule has 2 rings (SSSR count). The summed E-state index contributed by atoms with van der Waals surface area (Å²) < 4.78 is 5.73. The Morgan fingerprint density at radius 1 is 1.05 bits per heavy atom. The normalized spacial score (nSPS) is 10.3. The van der Waals surface area contributed by atoms with E-state index in [2.05, 4.69) is 5.32 Å². The van der Waals surface area contributed by atoms with Crippen molar-refractivity contribution in [2.75, 3.05) is 5.32 Å². The van der Waals surface area contributed by atoms with Crippen LogP contribution in [0.25, 0.3) is 0 Å². The van der Waals surface area contributed by atoms with Crippen LogP contribution >= 0.6 is 12.2 Å². The second-order valence-electron chi connectivity index (χ2n) is 3.82. The lowest BCUT2D eigenvalue weighted by atomic mass is 10.3. The number of anilines is 1. The standard InChI is InChI=1S/C15H14N2OS/c16-15(19)9-10-17-12-5-4-8-14(11-12)18-13-6-2-1-3-7-13/h1-11,17H,(H2,16,19)/b10-9-. The third-order valence-electron chi connectivity index (χ3n) is 2.31. The van der Waals surface area contributed by atoms with Crippen LogP contribution in [0.5, 0.6) is 11.5 Å². The van der Waals surface area contributed by atoms with Gasteiger partial charge >= 0.3 is 0 Å². The molecule has 0 atom stereocenters. The Balaban J connectivity index is 2.05. The van der Waals surface area contributed by atoms with Crippen molar-refractivity contribution in [2.24, 2.45) is 5.73 Å². The first-order chi connectivity index (χ1) is 9.24. The summed E-state index contributed by atoms with van der Waals surface area (Å²) in [6, 6.07) is 17.3. The summed E-state index contributed by atoms with van der Waals surface area (Å²) in [5.74, 6) is 1.57. The number of rotatable bonds is 5. The van der Waals surface area contributed by atoms with E-state index in [1.807, 2.05) is 54.6 Å². The number of thiocarbonyl (C=S) groups is 1. The van der Waals surface area contributed by atoms with Crippen molar-refractivity contribution in [3.8, 4) is 11.5 Å². The highest BCUT2D eigenvalue weighted by molar-refractivity contribution is 7.80. The summed E-state index contributed by atoms with van der Waals surface area (Å²) in [6.07, 6.45) is 3.32. The van der Waals surface area contributed by atoms with Crippen LogP contribution in [-0.4, -0.2) is 4.99 Å². The summed E-state index contributed by atoms with van der Waals surface area (Å²) in [7, 11) is 0. The number of benzene rings is 2. The number of para-hydroxylation sites is 1. The van der Waals surface area contributed by atoms with E-state index in [1.54, 1.807) is 12.3 Å². The van der Waals surface area contributed by atoms with Gasteiger partial charge in [-0.25, -0.2) is 0 Å². The van der Waals surface area contributed by atoms with Crippen molar-refractivity contribution >= 4 is 22.9 Å². The molecule has 19 heavy (non-hydrogen) atoms. The SMILES string of the molecule is NC(=S)/C=C\Nc1cccc(Oc2ccccc2)c1. The Morgan fingerprint density at radius 3 is 2.53 bits per heavy atom. The van der Waals surface area contributed by atoms with E-state index < -0.39 is 0 Å². The van der Waals surface area contributed by atoms with Crippen LogP contribution in [0.4, 0.5) is 5.69 Å². The summed E-state index contributed by atoms with van der Waals surface area (Å²) >= 11 is 4.75. The van der Waals surface area contributed by atoms with E-state index in [0.29, 0.717) is 4.99 Å². The molecular weight excluding hydrogens is 256 g/mol. The summed E-state index contributed by atoms with van der Waals surface area (Å²) in [6.45, 7) is 0. The number of hydrogen-bond acceptors (Lipinski definition) is 3. The molecule has 0 unspecified atom stereocenters. The largest absolute Gasteiger partial charge is 0.457 e. The number of nitrogens with one attached hydrogen (secondary N) is 1. The molecule has 0 amide bonds. The highest BCUT2D eigenvalue weighted by Crippen LogP contribution is 2.23. The Kier molecular flexibility index (Phi) is 4.53.